The van der Waals surface area contributed by atoms with Gasteiger partial charge < -0.3 is 10.4 Å². The lowest BCUT2D eigenvalue weighted by atomic mass is 10.4. The van der Waals surface area contributed by atoms with Crippen LogP contribution in [0.1, 0.15) is 12.8 Å². The molecule has 0 spiro atoms. The van der Waals surface area contributed by atoms with E-state index < -0.39 is 6.09 Å². The van der Waals surface area contributed by atoms with Gasteiger partial charge in [0.1, 0.15) is 0 Å². The van der Waals surface area contributed by atoms with Crippen LogP contribution >= 0.6 is 0 Å². The quantitative estimate of drug-likeness (QED) is 0.555. The molecule has 0 saturated heterocycles. The Morgan fingerprint density at radius 1 is 1.75 bits per heavy atom. The highest BCUT2D eigenvalue weighted by molar-refractivity contribution is 5.64. The van der Waals surface area contributed by atoms with Crippen molar-refractivity contribution in [1.29, 1.82) is 0 Å². The zero-order valence-corrected chi connectivity index (χ0v) is 4.55. The molecule has 1 rings (SSSR count). The molecule has 46 valence electrons. The highest BCUT2D eigenvalue weighted by Crippen LogP contribution is 2.27. The van der Waals surface area contributed by atoms with E-state index in [1.165, 1.54) is 12.8 Å². The van der Waals surface area contributed by atoms with Crippen LogP contribution in [0.5, 0.6) is 0 Å². The Bertz CT molecular complexity index is 98.6. The zero-order valence-electron chi connectivity index (χ0n) is 4.55. The number of nitrogens with one attached hydrogen (secondary N) is 1. The monoisotopic (exact) mass is 115 g/mol. The van der Waals surface area contributed by atoms with E-state index in [4.69, 9.17) is 5.11 Å². The van der Waals surface area contributed by atoms with Gasteiger partial charge in [-0.25, -0.2) is 4.79 Å². The molecule has 0 aromatic rings. The van der Waals surface area contributed by atoms with Crippen molar-refractivity contribution in [2.24, 2.45) is 5.92 Å². The number of amides is 1. The standard InChI is InChI=1S/C5H9NO2/c7-5(8)6-3-4-1-2-4/h4,6H,1-3H2,(H,7,8). The van der Waals surface area contributed by atoms with Gasteiger partial charge in [0.05, 0.1) is 0 Å². The van der Waals surface area contributed by atoms with Crippen LogP contribution in [0.4, 0.5) is 4.79 Å². The first-order chi connectivity index (χ1) is 3.79. The maximum absolute atomic E-state index is 9.82. The summed E-state index contributed by atoms with van der Waals surface area (Å²) in [5.74, 6) is 0.645. The fraction of sp³-hybridized carbons (Fsp3) is 0.800. The highest BCUT2D eigenvalue weighted by Gasteiger charge is 2.21. The Labute approximate surface area is 47.7 Å². The van der Waals surface area contributed by atoms with Gasteiger partial charge in [0.25, 0.3) is 0 Å². The number of carbonyl (C=O) groups is 1. The summed E-state index contributed by atoms with van der Waals surface area (Å²) in [4.78, 5) is 9.82. The van der Waals surface area contributed by atoms with E-state index in [0.717, 1.165) is 0 Å². The van der Waals surface area contributed by atoms with Crippen LogP contribution in [0.15, 0.2) is 0 Å². The Hall–Kier alpha value is -0.730. The van der Waals surface area contributed by atoms with Crippen LogP contribution in [0, 0.1) is 5.92 Å². The maximum Gasteiger partial charge on any atom is 0.404 e. The van der Waals surface area contributed by atoms with Gasteiger partial charge in [0.15, 0.2) is 0 Å². The van der Waals surface area contributed by atoms with Crippen molar-refractivity contribution in [3.05, 3.63) is 0 Å². The van der Waals surface area contributed by atoms with Gasteiger partial charge in [-0.05, 0) is 18.8 Å². The molecule has 1 aliphatic carbocycles. The zero-order chi connectivity index (χ0) is 5.98. The van der Waals surface area contributed by atoms with E-state index in [2.05, 4.69) is 5.32 Å². The molecule has 0 radical (unpaired) electrons. The Morgan fingerprint density at radius 3 is 2.75 bits per heavy atom. The van der Waals surface area contributed by atoms with E-state index in [9.17, 15) is 4.79 Å². The summed E-state index contributed by atoms with van der Waals surface area (Å²) in [6.07, 6.45) is 1.48. The molecule has 2 N–H and O–H groups in total. The van der Waals surface area contributed by atoms with Crippen molar-refractivity contribution < 1.29 is 9.90 Å². The van der Waals surface area contributed by atoms with Gasteiger partial charge in [-0.1, -0.05) is 0 Å². The number of hydrogen-bond donors (Lipinski definition) is 2. The minimum Gasteiger partial charge on any atom is -0.465 e. The molecule has 0 aromatic carbocycles. The van der Waals surface area contributed by atoms with Gasteiger partial charge in [0, 0.05) is 6.54 Å². The van der Waals surface area contributed by atoms with E-state index in [-0.39, 0.29) is 0 Å². The molecule has 1 aliphatic rings. The van der Waals surface area contributed by atoms with Crippen LogP contribution in [0.25, 0.3) is 0 Å². The van der Waals surface area contributed by atoms with E-state index in [1.807, 2.05) is 0 Å². The fourth-order valence-corrected chi connectivity index (χ4v) is 0.554. The molecule has 3 nitrogen and oxygen atoms in total. The molecular formula is C5H9NO2. The average Bonchev–Trinajstić information content (AvgIpc) is 2.41. The molecule has 0 heterocycles. The van der Waals surface area contributed by atoms with Crippen molar-refractivity contribution in [3.8, 4) is 0 Å². The summed E-state index contributed by atoms with van der Waals surface area (Å²) in [7, 11) is 0. The van der Waals surface area contributed by atoms with Crippen molar-refractivity contribution in [3.63, 3.8) is 0 Å². The molecule has 1 amide bonds. The average molecular weight is 115 g/mol. The first kappa shape index (κ1) is 5.41. The van der Waals surface area contributed by atoms with Crippen molar-refractivity contribution in [2.75, 3.05) is 6.54 Å². The Kier molecular flexibility index (Phi) is 1.37. The third-order valence-corrected chi connectivity index (χ3v) is 1.24. The summed E-state index contributed by atoms with van der Waals surface area (Å²) >= 11 is 0. The van der Waals surface area contributed by atoms with E-state index >= 15 is 0 Å². The molecule has 1 saturated carbocycles. The molecule has 0 bridgehead atoms. The summed E-state index contributed by atoms with van der Waals surface area (Å²) in [6, 6.07) is 0. The third-order valence-electron chi connectivity index (χ3n) is 1.24. The summed E-state index contributed by atoms with van der Waals surface area (Å²) in [5.41, 5.74) is 0. The van der Waals surface area contributed by atoms with Gasteiger partial charge >= 0.3 is 6.09 Å². The molecule has 0 unspecified atom stereocenters. The second-order valence-electron chi connectivity index (χ2n) is 2.13. The molecule has 0 atom stereocenters. The lowest BCUT2D eigenvalue weighted by Crippen LogP contribution is -2.22. The van der Waals surface area contributed by atoms with E-state index in [0.29, 0.717) is 12.5 Å². The Balaban J connectivity index is 1.95. The highest BCUT2D eigenvalue weighted by atomic mass is 16.4. The third kappa shape index (κ3) is 1.82. The molecule has 1 fully saturated rings. The summed E-state index contributed by atoms with van der Waals surface area (Å²) < 4.78 is 0. The Morgan fingerprint density at radius 2 is 2.38 bits per heavy atom. The van der Waals surface area contributed by atoms with Crippen LogP contribution in [-0.2, 0) is 0 Å². The second kappa shape index (κ2) is 2.03. The predicted octanol–water partition coefficient (Wildman–Crippen LogP) is 0.664. The lowest BCUT2D eigenvalue weighted by Gasteiger charge is -1.93. The number of carboxylic acid groups (broad SMARTS) is 1. The smallest absolute Gasteiger partial charge is 0.404 e. The van der Waals surface area contributed by atoms with Crippen LogP contribution in [-0.4, -0.2) is 17.7 Å². The maximum atomic E-state index is 9.82. The summed E-state index contributed by atoms with van der Waals surface area (Å²) in [6.45, 7) is 0.648. The predicted molar refractivity (Wildman–Crippen MR) is 28.8 cm³/mol. The van der Waals surface area contributed by atoms with Crippen molar-refractivity contribution in [2.45, 2.75) is 12.8 Å². The van der Waals surface area contributed by atoms with Crippen LogP contribution < -0.4 is 5.32 Å². The molecule has 0 aromatic heterocycles. The molecular weight excluding hydrogens is 106 g/mol. The minimum atomic E-state index is -0.906. The topological polar surface area (TPSA) is 49.3 Å². The first-order valence-corrected chi connectivity index (χ1v) is 2.76. The van der Waals surface area contributed by atoms with E-state index in [1.54, 1.807) is 0 Å². The fourth-order valence-electron chi connectivity index (χ4n) is 0.554. The number of hydrogen-bond acceptors (Lipinski definition) is 1. The van der Waals surface area contributed by atoms with Crippen LogP contribution in [0.3, 0.4) is 0 Å². The minimum absolute atomic E-state index is 0.645. The van der Waals surface area contributed by atoms with Crippen molar-refractivity contribution >= 4 is 6.09 Å². The summed E-state index contributed by atoms with van der Waals surface area (Å²) in [5, 5.41) is 10.4. The number of rotatable bonds is 2. The lowest BCUT2D eigenvalue weighted by molar-refractivity contribution is 0.194. The first-order valence-electron chi connectivity index (χ1n) is 2.76. The van der Waals surface area contributed by atoms with Gasteiger partial charge in [-0.15, -0.1) is 0 Å². The normalized spacial score (nSPS) is 18.0. The van der Waals surface area contributed by atoms with Gasteiger partial charge in [0.2, 0.25) is 0 Å². The molecule has 8 heavy (non-hydrogen) atoms. The van der Waals surface area contributed by atoms with Crippen molar-refractivity contribution in [1.82, 2.24) is 5.32 Å². The largest absolute Gasteiger partial charge is 0.465 e. The second-order valence-corrected chi connectivity index (χ2v) is 2.13. The van der Waals surface area contributed by atoms with Gasteiger partial charge in [-0.2, -0.15) is 0 Å². The molecule has 3 heteroatoms. The van der Waals surface area contributed by atoms with Crippen LogP contribution in [0.2, 0.25) is 0 Å². The molecule has 0 aliphatic heterocycles. The van der Waals surface area contributed by atoms with Gasteiger partial charge in [-0.3, -0.25) is 0 Å². The SMILES string of the molecule is O=C(O)NCC1CC1.